The minimum Gasteiger partial charge on any atom is -0.391 e. The zero-order chi connectivity index (χ0) is 12.3. The first kappa shape index (κ1) is 11.2. The first-order valence-corrected chi connectivity index (χ1v) is 5.39. The van der Waals surface area contributed by atoms with Gasteiger partial charge in [-0.15, -0.1) is 0 Å². The quantitative estimate of drug-likeness (QED) is 0.838. The summed E-state index contributed by atoms with van der Waals surface area (Å²) in [7, 11) is 0. The van der Waals surface area contributed by atoms with Crippen LogP contribution in [0.1, 0.15) is 6.92 Å². The lowest BCUT2D eigenvalue weighted by molar-refractivity contribution is 0.971. The van der Waals surface area contributed by atoms with Crippen LogP contribution in [0.4, 0.5) is 17.2 Å². The summed E-state index contributed by atoms with van der Waals surface area (Å²) in [5, 5.41) is 0. The highest BCUT2D eigenvalue weighted by Gasteiger charge is 2.13. The van der Waals surface area contributed by atoms with Crippen LogP contribution in [0.15, 0.2) is 41.5 Å². The van der Waals surface area contributed by atoms with Gasteiger partial charge in [0.15, 0.2) is 5.82 Å². The van der Waals surface area contributed by atoms with Crippen LogP contribution in [0.2, 0.25) is 0 Å². The number of nitrogens with zero attached hydrogens (tertiary/aromatic N) is 2. The van der Waals surface area contributed by atoms with Crippen molar-refractivity contribution < 1.29 is 0 Å². The van der Waals surface area contributed by atoms with Crippen molar-refractivity contribution in [1.29, 1.82) is 0 Å². The molecule has 5 nitrogen and oxygen atoms in total. The maximum Gasteiger partial charge on any atom is 0.276 e. The van der Waals surface area contributed by atoms with Gasteiger partial charge in [-0.25, -0.2) is 4.98 Å². The zero-order valence-electron chi connectivity index (χ0n) is 9.55. The van der Waals surface area contributed by atoms with Crippen molar-refractivity contribution >= 4 is 17.2 Å². The topological polar surface area (TPSA) is 75.0 Å². The van der Waals surface area contributed by atoms with E-state index >= 15 is 0 Å². The lowest BCUT2D eigenvalue weighted by atomic mass is 10.2. The average molecular weight is 230 g/mol. The van der Waals surface area contributed by atoms with E-state index in [0.29, 0.717) is 12.4 Å². The third-order valence-electron chi connectivity index (χ3n) is 2.51. The monoisotopic (exact) mass is 230 g/mol. The van der Waals surface area contributed by atoms with Gasteiger partial charge < -0.3 is 15.6 Å². The number of aromatic nitrogens is 2. The van der Waals surface area contributed by atoms with Crippen LogP contribution in [-0.4, -0.2) is 16.5 Å². The number of nitrogens with two attached hydrogens (primary N) is 1. The maximum atomic E-state index is 11.4. The van der Waals surface area contributed by atoms with Gasteiger partial charge in [0.05, 0.1) is 6.33 Å². The van der Waals surface area contributed by atoms with Crippen molar-refractivity contribution in [2.24, 2.45) is 0 Å². The minimum atomic E-state index is -0.315. The van der Waals surface area contributed by atoms with E-state index in [1.165, 1.54) is 6.33 Å². The molecule has 1 heterocycles. The first-order valence-electron chi connectivity index (χ1n) is 5.39. The van der Waals surface area contributed by atoms with Crippen molar-refractivity contribution in [2.45, 2.75) is 6.92 Å². The number of hydrogen-bond donors (Lipinski definition) is 2. The molecule has 0 aliphatic heterocycles. The number of nitrogen functional groups attached to an aromatic ring is 1. The smallest absolute Gasteiger partial charge is 0.276 e. The molecule has 0 amide bonds. The molecule has 3 N–H and O–H groups in total. The van der Waals surface area contributed by atoms with E-state index in [1.807, 2.05) is 42.2 Å². The third kappa shape index (κ3) is 2.13. The first-order chi connectivity index (χ1) is 8.24. The fourth-order valence-corrected chi connectivity index (χ4v) is 1.68. The van der Waals surface area contributed by atoms with E-state index in [4.69, 9.17) is 5.73 Å². The summed E-state index contributed by atoms with van der Waals surface area (Å²) in [6, 6.07) is 9.70. The lowest BCUT2D eigenvalue weighted by Crippen LogP contribution is -2.23. The molecule has 0 saturated carbocycles. The van der Waals surface area contributed by atoms with Crippen LogP contribution in [0.25, 0.3) is 0 Å². The van der Waals surface area contributed by atoms with Crippen molar-refractivity contribution in [1.82, 2.24) is 9.97 Å². The number of hydrogen-bond acceptors (Lipinski definition) is 4. The molecule has 17 heavy (non-hydrogen) atoms. The molecule has 2 rings (SSSR count). The van der Waals surface area contributed by atoms with Gasteiger partial charge in [-0.1, -0.05) is 18.2 Å². The van der Waals surface area contributed by atoms with Crippen LogP contribution >= 0.6 is 0 Å². The molecule has 0 unspecified atom stereocenters. The second kappa shape index (κ2) is 4.69. The van der Waals surface area contributed by atoms with Gasteiger partial charge in [0.1, 0.15) is 5.69 Å². The molecule has 0 aliphatic rings. The van der Waals surface area contributed by atoms with Crippen LogP contribution < -0.4 is 16.2 Å². The summed E-state index contributed by atoms with van der Waals surface area (Å²) >= 11 is 0. The molecule has 0 saturated heterocycles. The van der Waals surface area contributed by atoms with Gasteiger partial charge in [0, 0.05) is 12.2 Å². The average Bonchev–Trinajstić information content (AvgIpc) is 2.37. The Morgan fingerprint density at radius 1 is 1.35 bits per heavy atom. The Kier molecular flexibility index (Phi) is 3.09. The molecular weight excluding hydrogens is 216 g/mol. The normalized spacial score (nSPS) is 10.2. The summed E-state index contributed by atoms with van der Waals surface area (Å²) < 4.78 is 0. The molecule has 0 radical (unpaired) electrons. The maximum absolute atomic E-state index is 11.4. The molecular formula is C12H14N4O. The van der Waals surface area contributed by atoms with Crippen molar-refractivity contribution in [3.8, 4) is 0 Å². The van der Waals surface area contributed by atoms with Crippen molar-refractivity contribution in [2.75, 3.05) is 17.2 Å². The number of benzene rings is 1. The van der Waals surface area contributed by atoms with Gasteiger partial charge in [-0.3, -0.25) is 4.79 Å². The summed E-state index contributed by atoms with van der Waals surface area (Å²) in [5.41, 5.74) is 6.53. The second-order valence-electron chi connectivity index (χ2n) is 3.55. The Hall–Kier alpha value is -2.30. The van der Waals surface area contributed by atoms with Gasteiger partial charge in [-0.05, 0) is 19.1 Å². The largest absolute Gasteiger partial charge is 0.391 e. The predicted octanol–water partition coefficient (Wildman–Crippen LogP) is 1.51. The molecule has 5 heteroatoms. The van der Waals surface area contributed by atoms with Crippen LogP contribution in [0.5, 0.6) is 0 Å². The van der Waals surface area contributed by atoms with Crippen molar-refractivity contribution in [3.05, 3.63) is 47.0 Å². The van der Waals surface area contributed by atoms with Gasteiger partial charge >= 0.3 is 0 Å². The molecule has 88 valence electrons. The van der Waals surface area contributed by atoms with Gasteiger partial charge in [0.2, 0.25) is 0 Å². The molecule has 0 spiro atoms. The summed E-state index contributed by atoms with van der Waals surface area (Å²) in [5.74, 6) is 0.488. The molecule has 0 aliphatic carbocycles. The Morgan fingerprint density at radius 3 is 2.71 bits per heavy atom. The number of aromatic amines is 1. The Balaban J connectivity index is 2.50. The fraction of sp³-hybridized carbons (Fsp3) is 0.167. The standard InChI is InChI=1S/C12H14N4O/c1-2-16(9-6-4-3-5-7-9)11-10(13)12(17)15-8-14-11/h3-8H,2,13H2,1H3,(H,14,15,17). The Morgan fingerprint density at radius 2 is 2.06 bits per heavy atom. The van der Waals surface area contributed by atoms with Crippen molar-refractivity contribution in [3.63, 3.8) is 0 Å². The molecule has 1 aromatic heterocycles. The second-order valence-corrected chi connectivity index (χ2v) is 3.55. The number of para-hydroxylation sites is 1. The van der Waals surface area contributed by atoms with Crippen LogP contribution in [-0.2, 0) is 0 Å². The highest BCUT2D eigenvalue weighted by atomic mass is 16.1. The molecule has 0 atom stereocenters. The van der Waals surface area contributed by atoms with E-state index in [9.17, 15) is 4.79 Å². The van der Waals surface area contributed by atoms with Crippen LogP contribution in [0, 0.1) is 0 Å². The highest BCUT2D eigenvalue weighted by molar-refractivity contribution is 5.69. The molecule has 0 fully saturated rings. The third-order valence-corrected chi connectivity index (χ3v) is 2.51. The molecule has 0 bridgehead atoms. The fourth-order valence-electron chi connectivity index (χ4n) is 1.68. The van der Waals surface area contributed by atoms with Gasteiger partial charge in [-0.2, -0.15) is 0 Å². The van der Waals surface area contributed by atoms with E-state index in [1.54, 1.807) is 0 Å². The lowest BCUT2D eigenvalue weighted by Gasteiger charge is -2.22. The molecule has 1 aromatic carbocycles. The zero-order valence-corrected chi connectivity index (χ0v) is 9.55. The molecule has 2 aromatic rings. The minimum absolute atomic E-state index is 0.137. The van der Waals surface area contributed by atoms with Gasteiger partial charge in [0.25, 0.3) is 5.56 Å². The summed E-state index contributed by atoms with van der Waals surface area (Å²) in [4.78, 5) is 19.9. The summed E-state index contributed by atoms with van der Waals surface area (Å²) in [6.07, 6.45) is 1.36. The number of H-pyrrole nitrogens is 1. The van der Waals surface area contributed by atoms with E-state index in [2.05, 4.69) is 9.97 Å². The van der Waals surface area contributed by atoms with E-state index in [-0.39, 0.29) is 11.2 Å². The number of anilines is 3. The Bertz CT molecular complexity index is 550. The SMILES string of the molecule is CCN(c1ccccc1)c1nc[nH]c(=O)c1N. The number of nitrogens with one attached hydrogen (secondary N) is 1. The van der Waals surface area contributed by atoms with E-state index in [0.717, 1.165) is 5.69 Å². The highest BCUT2D eigenvalue weighted by Crippen LogP contribution is 2.24. The summed E-state index contributed by atoms with van der Waals surface area (Å²) in [6.45, 7) is 2.67. The Labute approximate surface area is 98.9 Å². The van der Waals surface area contributed by atoms with E-state index < -0.39 is 0 Å². The van der Waals surface area contributed by atoms with Crippen LogP contribution in [0.3, 0.4) is 0 Å². The predicted molar refractivity (Wildman–Crippen MR) is 68.4 cm³/mol. The number of rotatable bonds is 3.